The minimum Gasteiger partial charge on any atom is -0.313 e. The first kappa shape index (κ1) is 14.6. The van der Waals surface area contributed by atoms with Crippen LogP contribution < -0.4 is 10.0 Å². The van der Waals surface area contributed by atoms with E-state index in [1.54, 1.807) is 0 Å². The molecule has 0 saturated heterocycles. The second-order valence-corrected chi connectivity index (χ2v) is 8.43. The Morgan fingerprint density at radius 2 is 2.06 bits per heavy atom. The van der Waals surface area contributed by atoms with E-state index in [2.05, 4.69) is 10.0 Å². The summed E-state index contributed by atoms with van der Waals surface area (Å²) in [7, 11) is -7.23. The van der Waals surface area contributed by atoms with Gasteiger partial charge in [0.1, 0.15) is 0 Å². The molecule has 6 nitrogen and oxygen atoms in total. The molecule has 0 atom stereocenters. The average molecular weight is 282 g/mol. The molecule has 1 rings (SSSR count). The highest BCUT2D eigenvalue weighted by atomic mass is 32.3. The molecule has 0 radical (unpaired) electrons. The molecule has 0 spiro atoms. The van der Waals surface area contributed by atoms with Gasteiger partial charge in [-0.05, 0) is 19.4 Å². The van der Waals surface area contributed by atoms with Crippen LogP contribution in [0.2, 0.25) is 0 Å². The van der Waals surface area contributed by atoms with Crippen LogP contribution in [0.4, 0.5) is 0 Å². The van der Waals surface area contributed by atoms with E-state index in [-0.39, 0.29) is 6.54 Å². The van der Waals surface area contributed by atoms with Gasteiger partial charge < -0.3 is 5.32 Å². The maximum atomic E-state index is 11.4. The van der Waals surface area contributed by atoms with Gasteiger partial charge in [0.25, 0.3) is 0 Å². The SMILES string of the molecule is CS(=O)(=O)CS(=O)(=O)NCCC1=CCNCC1. The zero-order valence-electron chi connectivity index (χ0n) is 9.77. The summed E-state index contributed by atoms with van der Waals surface area (Å²) in [6, 6.07) is 0. The molecule has 2 N–H and O–H groups in total. The maximum Gasteiger partial charge on any atom is 0.226 e. The first-order chi connectivity index (χ1) is 7.79. The number of sulfone groups is 1. The standard InChI is InChI=1S/C9H18N2O4S2/c1-16(12,13)8-17(14,15)11-7-4-9-2-5-10-6-3-9/h2,10-11H,3-8H2,1H3. The first-order valence-electron chi connectivity index (χ1n) is 5.32. The molecule has 17 heavy (non-hydrogen) atoms. The minimum absolute atomic E-state index is 0.254. The lowest BCUT2D eigenvalue weighted by molar-refractivity contribution is 0.579. The van der Waals surface area contributed by atoms with Crippen molar-refractivity contribution in [2.75, 3.05) is 31.0 Å². The Labute approximate surface area is 102 Å². The molecular formula is C9H18N2O4S2. The van der Waals surface area contributed by atoms with Gasteiger partial charge in [0.15, 0.2) is 14.9 Å². The topological polar surface area (TPSA) is 92.3 Å². The molecule has 0 saturated carbocycles. The van der Waals surface area contributed by atoms with Gasteiger partial charge in [0.2, 0.25) is 10.0 Å². The molecule has 8 heteroatoms. The summed E-state index contributed by atoms with van der Waals surface area (Å²) in [5.74, 6) is 0. The highest BCUT2D eigenvalue weighted by Crippen LogP contribution is 2.08. The average Bonchev–Trinajstić information content (AvgIpc) is 2.15. The molecule has 1 heterocycles. The zero-order chi connectivity index (χ0) is 12.9. The smallest absolute Gasteiger partial charge is 0.226 e. The normalized spacial score (nSPS) is 17.8. The van der Waals surface area contributed by atoms with E-state index in [4.69, 9.17) is 0 Å². The van der Waals surface area contributed by atoms with Crippen molar-refractivity contribution in [2.24, 2.45) is 0 Å². The number of hydrogen-bond donors (Lipinski definition) is 2. The van der Waals surface area contributed by atoms with Gasteiger partial charge in [-0.1, -0.05) is 11.6 Å². The van der Waals surface area contributed by atoms with Gasteiger partial charge in [0.05, 0.1) is 0 Å². The lowest BCUT2D eigenvalue weighted by Crippen LogP contribution is -2.31. The van der Waals surface area contributed by atoms with Crippen molar-refractivity contribution in [2.45, 2.75) is 12.8 Å². The summed E-state index contributed by atoms with van der Waals surface area (Å²) in [4.78, 5) is 0. The number of rotatable bonds is 6. The summed E-state index contributed by atoms with van der Waals surface area (Å²) < 4.78 is 46.8. The molecule has 1 aliphatic heterocycles. The molecule has 1 aliphatic rings. The minimum atomic E-state index is -3.72. The van der Waals surface area contributed by atoms with Crippen LogP contribution in [0.3, 0.4) is 0 Å². The van der Waals surface area contributed by atoms with Gasteiger partial charge >= 0.3 is 0 Å². The summed E-state index contributed by atoms with van der Waals surface area (Å²) in [6.07, 6.45) is 4.48. The molecule has 0 aromatic rings. The summed E-state index contributed by atoms with van der Waals surface area (Å²) in [5, 5.41) is 2.31. The molecule has 0 fully saturated rings. The zero-order valence-corrected chi connectivity index (χ0v) is 11.4. The Hall–Kier alpha value is -0.440. The fourth-order valence-electron chi connectivity index (χ4n) is 1.59. The largest absolute Gasteiger partial charge is 0.313 e. The van der Waals surface area contributed by atoms with Crippen molar-refractivity contribution in [3.05, 3.63) is 11.6 Å². The number of nitrogens with one attached hydrogen (secondary N) is 2. The lowest BCUT2D eigenvalue weighted by Gasteiger charge is -2.14. The molecule has 0 amide bonds. The van der Waals surface area contributed by atoms with E-state index in [0.717, 1.165) is 25.8 Å². The van der Waals surface area contributed by atoms with E-state index in [1.165, 1.54) is 5.57 Å². The summed E-state index contributed by atoms with van der Waals surface area (Å²) in [6.45, 7) is 1.97. The lowest BCUT2D eigenvalue weighted by atomic mass is 10.1. The van der Waals surface area contributed by atoms with Gasteiger partial charge in [0, 0.05) is 19.3 Å². The molecule has 0 aromatic carbocycles. The van der Waals surface area contributed by atoms with Gasteiger partial charge in [-0.25, -0.2) is 21.6 Å². The quantitative estimate of drug-likeness (QED) is 0.623. The second kappa shape index (κ2) is 5.94. The first-order valence-corrected chi connectivity index (χ1v) is 9.03. The second-order valence-electron chi connectivity index (χ2n) is 4.12. The molecule has 100 valence electrons. The Balaban J connectivity index is 2.37. The highest BCUT2D eigenvalue weighted by molar-refractivity contribution is 8.06. The van der Waals surface area contributed by atoms with Crippen molar-refractivity contribution in [3.63, 3.8) is 0 Å². The Kier molecular flexibility index (Phi) is 5.11. The highest BCUT2D eigenvalue weighted by Gasteiger charge is 2.17. The van der Waals surface area contributed by atoms with Crippen LogP contribution in [-0.4, -0.2) is 47.8 Å². The van der Waals surface area contributed by atoms with E-state index in [1.807, 2.05) is 6.08 Å². The Morgan fingerprint density at radius 3 is 2.59 bits per heavy atom. The van der Waals surface area contributed by atoms with E-state index in [0.29, 0.717) is 6.42 Å². The fourth-order valence-corrected chi connectivity index (χ4v) is 4.59. The Morgan fingerprint density at radius 1 is 1.35 bits per heavy atom. The van der Waals surface area contributed by atoms with Crippen molar-refractivity contribution >= 4 is 19.9 Å². The molecule has 0 aliphatic carbocycles. The fraction of sp³-hybridized carbons (Fsp3) is 0.778. The third-order valence-electron chi connectivity index (χ3n) is 2.30. The van der Waals surface area contributed by atoms with Crippen LogP contribution in [0, 0.1) is 0 Å². The molecule has 0 aromatic heterocycles. The maximum absolute atomic E-state index is 11.4. The van der Waals surface area contributed by atoms with Crippen molar-refractivity contribution in [1.29, 1.82) is 0 Å². The third kappa shape index (κ3) is 6.77. The number of sulfonamides is 1. The Bertz CT molecular complexity index is 479. The van der Waals surface area contributed by atoms with Crippen LogP contribution in [0.5, 0.6) is 0 Å². The van der Waals surface area contributed by atoms with E-state index >= 15 is 0 Å². The van der Waals surface area contributed by atoms with Gasteiger partial charge in [-0.2, -0.15) is 0 Å². The van der Waals surface area contributed by atoms with Crippen molar-refractivity contribution in [3.8, 4) is 0 Å². The van der Waals surface area contributed by atoms with E-state index < -0.39 is 24.9 Å². The predicted octanol–water partition coefficient (Wildman–Crippen LogP) is -0.782. The van der Waals surface area contributed by atoms with Crippen LogP contribution in [0.25, 0.3) is 0 Å². The van der Waals surface area contributed by atoms with Crippen LogP contribution in [0.15, 0.2) is 11.6 Å². The summed E-state index contributed by atoms with van der Waals surface area (Å²) >= 11 is 0. The van der Waals surface area contributed by atoms with Crippen molar-refractivity contribution < 1.29 is 16.8 Å². The van der Waals surface area contributed by atoms with Gasteiger partial charge in [-0.3, -0.25) is 0 Å². The monoisotopic (exact) mass is 282 g/mol. The predicted molar refractivity (Wildman–Crippen MR) is 66.8 cm³/mol. The van der Waals surface area contributed by atoms with Crippen LogP contribution in [-0.2, 0) is 19.9 Å². The van der Waals surface area contributed by atoms with Crippen LogP contribution >= 0.6 is 0 Å². The van der Waals surface area contributed by atoms with Crippen LogP contribution in [0.1, 0.15) is 12.8 Å². The summed E-state index contributed by atoms with van der Waals surface area (Å²) in [5.41, 5.74) is 1.20. The van der Waals surface area contributed by atoms with E-state index in [9.17, 15) is 16.8 Å². The van der Waals surface area contributed by atoms with Gasteiger partial charge in [-0.15, -0.1) is 0 Å². The number of hydrogen-bond acceptors (Lipinski definition) is 5. The van der Waals surface area contributed by atoms with Crippen molar-refractivity contribution in [1.82, 2.24) is 10.0 Å². The molecule has 0 bridgehead atoms. The molecular weight excluding hydrogens is 264 g/mol. The third-order valence-corrected chi connectivity index (χ3v) is 5.89. The molecule has 0 unspecified atom stereocenters.